The summed E-state index contributed by atoms with van der Waals surface area (Å²) in [5.74, 6) is 0.166. The lowest BCUT2D eigenvalue weighted by atomic mass is 10.0. The third-order valence-electron chi connectivity index (χ3n) is 4.52. The fourth-order valence-corrected chi connectivity index (χ4v) is 4.39. The maximum atomic E-state index is 12.6. The van der Waals surface area contributed by atoms with Gasteiger partial charge < -0.3 is 10.1 Å². The predicted molar refractivity (Wildman–Crippen MR) is 136 cm³/mol. The molecule has 7 heteroatoms. The monoisotopic (exact) mass is 606 g/mol. The van der Waals surface area contributed by atoms with Crippen molar-refractivity contribution in [3.05, 3.63) is 96.0 Å². The molecule has 31 heavy (non-hydrogen) atoms. The first-order valence-electron chi connectivity index (χ1n) is 9.20. The zero-order chi connectivity index (χ0) is 22.4. The molecule has 0 saturated carbocycles. The molecule has 0 radical (unpaired) electrons. The van der Waals surface area contributed by atoms with Gasteiger partial charge >= 0.3 is 0 Å². The number of rotatable bonds is 6. The highest BCUT2D eigenvalue weighted by molar-refractivity contribution is 14.1. The van der Waals surface area contributed by atoms with E-state index in [2.05, 4.69) is 49.9 Å². The van der Waals surface area contributed by atoms with Crippen LogP contribution in [0.1, 0.15) is 16.7 Å². The van der Waals surface area contributed by atoms with E-state index in [1.165, 1.54) is 0 Å². The normalized spacial score (nSPS) is 11.0. The summed E-state index contributed by atoms with van der Waals surface area (Å²) >= 11 is 11.9. The van der Waals surface area contributed by atoms with Crippen LogP contribution in [0.3, 0.4) is 0 Å². The van der Waals surface area contributed by atoms with Crippen LogP contribution in [-0.2, 0) is 11.2 Å². The highest BCUT2D eigenvalue weighted by Crippen LogP contribution is 2.31. The van der Waals surface area contributed by atoms with Gasteiger partial charge in [-0.15, -0.1) is 0 Å². The van der Waals surface area contributed by atoms with Gasteiger partial charge in [-0.3, -0.25) is 4.79 Å². The topological polar surface area (TPSA) is 62.1 Å². The minimum absolute atomic E-state index is 0.0312. The average molecular weight is 608 g/mol. The van der Waals surface area contributed by atoms with Crippen molar-refractivity contribution >= 4 is 67.8 Å². The quantitative estimate of drug-likeness (QED) is 0.189. The Labute approximate surface area is 208 Å². The SMILES string of the molecule is COc1cc(/C=C(\C#N)C(=O)Nc2ccccc2Cl)cc(I)c1Cc1ccccc1Br. The summed E-state index contributed by atoms with van der Waals surface area (Å²) in [7, 11) is 1.61. The summed E-state index contributed by atoms with van der Waals surface area (Å²) < 4.78 is 7.62. The summed E-state index contributed by atoms with van der Waals surface area (Å²) in [6.07, 6.45) is 2.23. The van der Waals surface area contributed by atoms with Crippen molar-refractivity contribution in [1.82, 2.24) is 0 Å². The molecule has 0 aliphatic rings. The Kier molecular flexibility index (Phi) is 8.13. The molecule has 4 nitrogen and oxygen atoms in total. The Morgan fingerprint density at radius 2 is 1.94 bits per heavy atom. The summed E-state index contributed by atoms with van der Waals surface area (Å²) in [6, 6.07) is 20.6. The summed E-state index contributed by atoms with van der Waals surface area (Å²) in [5, 5.41) is 12.6. The number of hydrogen-bond donors (Lipinski definition) is 1. The minimum Gasteiger partial charge on any atom is -0.496 e. The third kappa shape index (κ3) is 5.88. The number of halogens is 3. The van der Waals surface area contributed by atoms with Crippen molar-refractivity contribution in [1.29, 1.82) is 5.26 Å². The molecule has 3 aromatic rings. The van der Waals surface area contributed by atoms with Crippen LogP contribution in [0.2, 0.25) is 5.02 Å². The Morgan fingerprint density at radius 3 is 2.61 bits per heavy atom. The Bertz CT molecular complexity index is 1200. The molecular formula is C24H17BrClIN2O2. The molecule has 3 rings (SSSR count). The molecule has 1 N–H and O–H groups in total. The summed E-state index contributed by atoms with van der Waals surface area (Å²) in [6.45, 7) is 0. The van der Waals surface area contributed by atoms with E-state index >= 15 is 0 Å². The van der Waals surface area contributed by atoms with Crippen LogP contribution in [0.25, 0.3) is 6.08 Å². The zero-order valence-electron chi connectivity index (χ0n) is 16.5. The van der Waals surface area contributed by atoms with Crippen molar-refractivity contribution in [2.45, 2.75) is 6.42 Å². The number of methoxy groups -OCH3 is 1. The number of hydrogen-bond acceptors (Lipinski definition) is 3. The van der Waals surface area contributed by atoms with Gasteiger partial charge in [0.05, 0.1) is 17.8 Å². The lowest BCUT2D eigenvalue weighted by molar-refractivity contribution is -0.112. The number of nitrogens with one attached hydrogen (secondary N) is 1. The van der Waals surface area contributed by atoms with Crippen molar-refractivity contribution in [3.8, 4) is 11.8 Å². The maximum absolute atomic E-state index is 12.6. The number of para-hydroxylation sites is 1. The van der Waals surface area contributed by atoms with Gasteiger partial charge in [-0.25, -0.2) is 0 Å². The Morgan fingerprint density at radius 1 is 1.23 bits per heavy atom. The van der Waals surface area contributed by atoms with Crippen molar-refractivity contribution in [2.24, 2.45) is 0 Å². The molecular weight excluding hydrogens is 591 g/mol. The third-order valence-corrected chi connectivity index (χ3v) is 6.59. The molecule has 0 fully saturated rings. The van der Waals surface area contributed by atoms with Gasteiger partial charge in [-0.1, -0.05) is 57.9 Å². The number of carbonyl (C=O) groups excluding carboxylic acids is 1. The molecule has 156 valence electrons. The van der Waals surface area contributed by atoms with Crippen molar-refractivity contribution in [3.63, 3.8) is 0 Å². The van der Waals surface area contributed by atoms with Crippen LogP contribution in [0.5, 0.6) is 5.75 Å². The van der Waals surface area contributed by atoms with Gasteiger partial charge in [0.2, 0.25) is 0 Å². The molecule has 0 aliphatic carbocycles. The smallest absolute Gasteiger partial charge is 0.266 e. The van der Waals surface area contributed by atoms with E-state index in [1.807, 2.05) is 36.4 Å². The number of amides is 1. The number of benzene rings is 3. The molecule has 0 unspecified atom stereocenters. The number of anilines is 1. The van der Waals surface area contributed by atoms with Crippen LogP contribution in [-0.4, -0.2) is 13.0 Å². The van der Waals surface area contributed by atoms with Crippen LogP contribution in [0.4, 0.5) is 5.69 Å². The summed E-state index contributed by atoms with van der Waals surface area (Å²) in [5.41, 5.74) is 3.29. The predicted octanol–water partition coefficient (Wildman–Crippen LogP) is 6.85. The lowest BCUT2D eigenvalue weighted by Crippen LogP contribution is -2.13. The second-order valence-electron chi connectivity index (χ2n) is 6.56. The fourth-order valence-electron chi connectivity index (χ4n) is 2.97. The van der Waals surface area contributed by atoms with E-state index in [9.17, 15) is 10.1 Å². The molecule has 0 spiro atoms. The van der Waals surface area contributed by atoms with Gasteiger partial charge in [-0.2, -0.15) is 5.26 Å². The summed E-state index contributed by atoms with van der Waals surface area (Å²) in [4.78, 5) is 12.6. The Balaban J connectivity index is 1.91. The van der Waals surface area contributed by atoms with Gasteiger partial charge in [0.15, 0.2) is 0 Å². The number of nitriles is 1. The molecule has 0 aromatic heterocycles. The van der Waals surface area contributed by atoms with E-state index in [0.717, 1.165) is 19.2 Å². The van der Waals surface area contributed by atoms with Crippen LogP contribution in [0, 0.1) is 14.9 Å². The molecule has 0 saturated heterocycles. The molecule has 3 aromatic carbocycles. The molecule has 0 heterocycles. The molecule has 1 amide bonds. The standard InChI is InChI=1S/C24H17BrClIN2O2/c1-31-23-12-15(11-21(27)18(23)13-16-6-2-3-7-19(16)25)10-17(14-28)24(30)29-22-9-5-4-8-20(22)26/h2-12H,13H2,1H3,(H,29,30)/b17-10+. The van der Waals surface area contributed by atoms with Gasteiger partial charge in [0.25, 0.3) is 5.91 Å². The van der Waals surface area contributed by atoms with Crippen LogP contribution in [0.15, 0.2) is 70.7 Å². The van der Waals surface area contributed by atoms with E-state index in [0.29, 0.717) is 28.4 Å². The van der Waals surface area contributed by atoms with E-state index in [1.54, 1.807) is 37.5 Å². The first-order valence-corrected chi connectivity index (χ1v) is 11.5. The number of carbonyl (C=O) groups is 1. The van der Waals surface area contributed by atoms with E-state index in [-0.39, 0.29) is 5.57 Å². The highest BCUT2D eigenvalue weighted by atomic mass is 127. The van der Waals surface area contributed by atoms with Crippen LogP contribution >= 0.6 is 50.1 Å². The van der Waals surface area contributed by atoms with Gasteiger partial charge in [0, 0.05) is 20.0 Å². The van der Waals surface area contributed by atoms with E-state index in [4.69, 9.17) is 16.3 Å². The van der Waals surface area contributed by atoms with Crippen molar-refractivity contribution in [2.75, 3.05) is 12.4 Å². The number of nitrogens with zero attached hydrogens (tertiary/aromatic N) is 1. The average Bonchev–Trinajstić information content (AvgIpc) is 2.76. The van der Waals surface area contributed by atoms with Crippen LogP contribution < -0.4 is 10.1 Å². The van der Waals surface area contributed by atoms with Crippen molar-refractivity contribution < 1.29 is 9.53 Å². The zero-order valence-corrected chi connectivity index (χ0v) is 21.0. The highest BCUT2D eigenvalue weighted by Gasteiger charge is 2.15. The maximum Gasteiger partial charge on any atom is 0.266 e. The minimum atomic E-state index is -0.526. The molecule has 0 atom stereocenters. The first-order chi connectivity index (χ1) is 14.9. The first kappa shape index (κ1) is 23.3. The lowest BCUT2D eigenvalue weighted by Gasteiger charge is -2.13. The fraction of sp³-hybridized carbons (Fsp3) is 0.0833. The Hall–Kier alpha value is -2.34. The largest absolute Gasteiger partial charge is 0.496 e. The molecule has 0 bridgehead atoms. The van der Waals surface area contributed by atoms with Gasteiger partial charge in [0.1, 0.15) is 17.4 Å². The second-order valence-corrected chi connectivity index (χ2v) is 8.98. The van der Waals surface area contributed by atoms with Gasteiger partial charge in [-0.05, 0) is 70.1 Å². The molecule has 0 aliphatic heterocycles. The number of ether oxygens (including phenoxy) is 1. The van der Waals surface area contributed by atoms with E-state index < -0.39 is 5.91 Å². The second kappa shape index (κ2) is 10.8.